The number of benzene rings is 4. The molecule has 0 aliphatic heterocycles. The van der Waals surface area contributed by atoms with Crippen LogP contribution in [0.25, 0.3) is 11.1 Å². The van der Waals surface area contributed by atoms with Crippen LogP contribution >= 0.6 is 0 Å². The van der Waals surface area contributed by atoms with Gasteiger partial charge in [-0.3, -0.25) is 4.99 Å². The summed E-state index contributed by atoms with van der Waals surface area (Å²) in [6.45, 7) is 0. The maximum atomic E-state index is 13.0. The molecule has 0 unspecified atom stereocenters. The molecule has 0 spiro atoms. The second kappa shape index (κ2) is 9.23. The Morgan fingerprint density at radius 3 is 2.23 bits per heavy atom. The number of halogens is 3. The average Bonchev–Trinajstić information content (AvgIpc) is 3.24. The van der Waals surface area contributed by atoms with Gasteiger partial charge in [-0.15, -0.1) is 0 Å². The van der Waals surface area contributed by atoms with E-state index in [-0.39, 0.29) is 11.8 Å². The third-order valence-corrected chi connectivity index (χ3v) is 6.35. The first-order valence-corrected chi connectivity index (χ1v) is 11.3. The summed E-state index contributed by atoms with van der Waals surface area (Å²) in [5.41, 5.74) is 6.70. The summed E-state index contributed by atoms with van der Waals surface area (Å²) in [5, 5.41) is 9.84. The van der Waals surface area contributed by atoms with Crippen molar-refractivity contribution in [2.24, 2.45) is 4.99 Å². The highest BCUT2D eigenvalue weighted by atomic mass is 19.4. The summed E-state index contributed by atoms with van der Waals surface area (Å²) >= 11 is 0. The second-order valence-corrected chi connectivity index (χ2v) is 8.62. The Morgan fingerprint density at radius 1 is 0.829 bits per heavy atom. The zero-order valence-electron chi connectivity index (χ0n) is 18.8. The van der Waals surface area contributed by atoms with E-state index in [0.29, 0.717) is 12.0 Å². The highest BCUT2D eigenvalue weighted by Crippen LogP contribution is 2.38. The minimum absolute atomic E-state index is 0.114. The fourth-order valence-electron chi connectivity index (χ4n) is 4.59. The molecule has 0 amide bonds. The lowest BCUT2D eigenvalue weighted by molar-refractivity contribution is -0.137. The molecule has 1 atom stereocenters. The number of alkyl halides is 3. The third-order valence-electron chi connectivity index (χ3n) is 6.35. The highest BCUT2D eigenvalue weighted by Gasteiger charge is 2.30. The van der Waals surface area contributed by atoms with Gasteiger partial charge in [-0.25, -0.2) is 0 Å². The molecule has 2 nitrogen and oxygen atoms in total. The van der Waals surface area contributed by atoms with Gasteiger partial charge in [0, 0.05) is 5.56 Å². The first kappa shape index (κ1) is 22.6. The molecule has 1 aliphatic carbocycles. The molecule has 0 N–H and O–H groups in total. The van der Waals surface area contributed by atoms with Crippen LogP contribution in [-0.2, 0) is 19.0 Å². The molecule has 0 aromatic heterocycles. The number of aliphatic imine (C=N–C) groups is 1. The van der Waals surface area contributed by atoms with Crippen LogP contribution in [0, 0.1) is 11.3 Å². The van der Waals surface area contributed by atoms with Crippen molar-refractivity contribution in [3.8, 4) is 17.2 Å². The van der Waals surface area contributed by atoms with Crippen LogP contribution in [0.1, 0.15) is 39.4 Å². The Balaban J connectivity index is 1.53. The predicted octanol–water partition coefficient (Wildman–Crippen LogP) is 7.57. The van der Waals surface area contributed by atoms with E-state index in [1.807, 2.05) is 48.5 Å². The molecular weight excluding hydrogens is 445 g/mol. The Bertz CT molecular complexity index is 1430. The predicted molar refractivity (Wildman–Crippen MR) is 131 cm³/mol. The molecular formula is C30H21F3N2. The van der Waals surface area contributed by atoms with Gasteiger partial charge in [0.05, 0.1) is 11.6 Å². The summed E-state index contributed by atoms with van der Waals surface area (Å²) in [6, 6.07) is 30.8. The molecule has 4 aromatic rings. The minimum Gasteiger partial charge on any atom is -0.265 e. The van der Waals surface area contributed by atoms with E-state index in [1.165, 1.54) is 34.4 Å². The van der Waals surface area contributed by atoms with Crippen LogP contribution in [0.5, 0.6) is 0 Å². The summed E-state index contributed by atoms with van der Waals surface area (Å²) in [7, 11) is 0. The second-order valence-electron chi connectivity index (χ2n) is 8.62. The van der Waals surface area contributed by atoms with Crippen molar-refractivity contribution >= 4 is 5.71 Å². The van der Waals surface area contributed by atoms with E-state index >= 15 is 0 Å². The summed E-state index contributed by atoms with van der Waals surface area (Å²) in [5.74, 6) is 0. The Morgan fingerprint density at radius 2 is 1.51 bits per heavy atom. The molecule has 0 fully saturated rings. The lowest BCUT2D eigenvalue weighted by Gasteiger charge is -2.16. The van der Waals surface area contributed by atoms with Gasteiger partial charge in [0.25, 0.3) is 0 Å². The fourth-order valence-corrected chi connectivity index (χ4v) is 4.59. The van der Waals surface area contributed by atoms with Crippen LogP contribution in [-0.4, -0.2) is 5.71 Å². The minimum atomic E-state index is -4.43. The smallest absolute Gasteiger partial charge is 0.265 e. The quantitative estimate of drug-likeness (QED) is 0.246. The van der Waals surface area contributed by atoms with Crippen molar-refractivity contribution in [3.05, 3.63) is 130 Å². The summed E-state index contributed by atoms with van der Waals surface area (Å²) in [6.07, 6.45) is -3.02. The molecule has 5 rings (SSSR count). The molecule has 0 saturated heterocycles. The number of rotatable bonds is 5. The molecule has 172 valence electrons. The first-order chi connectivity index (χ1) is 16.9. The van der Waals surface area contributed by atoms with E-state index in [4.69, 9.17) is 4.99 Å². The number of hydrogen-bond donors (Lipinski definition) is 0. The van der Waals surface area contributed by atoms with Gasteiger partial charge in [0.2, 0.25) is 0 Å². The van der Waals surface area contributed by atoms with Crippen LogP contribution in [0.15, 0.2) is 102 Å². The molecule has 0 bridgehead atoms. The van der Waals surface area contributed by atoms with Crippen molar-refractivity contribution in [1.29, 1.82) is 5.26 Å². The van der Waals surface area contributed by atoms with Gasteiger partial charge in [-0.05, 0) is 58.4 Å². The summed E-state index contributed by atoms with van der Waals surface area (Å²) < 4.78 is 39.0. The monoisotopic (exact) mass is 466 g/mol. The number of hydrogen-bond acceptors (Lipinski definition) is 2. The molecule has 1 aliphatic rings. The highest BCUT2D eigenvalue weighted by molar-refractivity contribution is 6.11. The van der Waals surface area contributed by atoms with Gasteiger partial charge >= 0.3 is 6.18 Å². The molecule has 4 aromatic carbocycles. The van der Waals surface area contributed by atoms with Gasteiger partial charge < -0.3 is 0 Å². The average molecular weight is 467 g/mol. The van der Waals surface area contributed by atoms with Crippen molar-refractivity contribution in [3.63, 3.8) is 0 Å². The van der Waals surface area contributed by atoms with Crippen LogP contribution in [0.4, 0.5) is 13.2 Å². The SMILES string of the molecule is N#CC(=N[C@H](Cc1ccccc1)c1ccc2c(c1)Cc1ccccc1-2)c1ccc(C(F)(F)F)cc1. The normalized spacial score (nSPS) is 13.6. The molecule has 0 radical (unpaired) electrons. The van der Waals surface area contributed by atoms with Crippen LogP contribution in [0.2, 0.25) is 0 Å². The first-order valence-electron chi connectivity index (χ1n) is 11.3. The van der Waals surface area contributed by atoms with Crippen molar-refractivity contribution in [2.45, 2.75) is 25.1 Å². The zero-order chi connectivity index (χ0) is 24.4. The lowest BCUT2D eigenvalue weighted by atomic mass is 9.95. The van der Waals surface area contributed by atoms with E-state index in [9.17, 15) is 18.4 Å². The van der Waals surface area contributed by atoms with Crippen molar-refractivity contribution in [1.82, 2.24) is 0 Å². The maximum Gasteiger partial charge on any atom is 0.416 e. The van der Waals surface area contributed by atoms with Crippen molar-refractivity contribution < 1.29 is 13.2 Å². The Hall–Kier alpha value is -4.17. The van der Waals surface area contributed by atoms with Crippen LogP contribution in [0.3, 0.4) is 0 Å². The van der Waals surface area contributed by atoms with Crippen LogP contribution < -0.4 is 0 Å². The van der Waals surface area contributed by atoms with Gasteiger partial charge in [0.1, 0.15) is 11.8 Å². The van der Waals surface area contributed by atoms with E-state index in [0.717, 1.165) is 29.7 Å². The van der Waals surface area contributed by atoms with E-state index < -0.39 is 11.7 Å². The van der Waals surface area contributed by atoms with Gasteiger partial charge in [0.15, 0.2) is 0 Å². The van der Waals surface area contributed by atoms with Crippen molar-refractivity contribution in [2.75, 3.05) is 0 Å². The number of fused-ring (bicyclic) bond motifs is 3. The lowest BCUT2D eigenvalue weighted by Crippen LogP contribution is -2.08. The zero-order valence-corrected chi connectivity index (χ0v) is 18.8. The number of nitriles is 1. The largest absolute Gasteiger partial charge is 0.416 e. The standard InChI is InChI=1S/C30H21F3N2/c31-30(32,33)25-13-10-21(11-14-25)29(19-34)35-28(16-20-6-2-1-3-7-20)23-12-15-27-24(18-23)17-22-8-4-5-9-26(22)27/h1-15,18,28H,16-17H2/t28-/m1/s1. The number of nitrogens with zero attached hydrogens (tertiary/aromatic N) is 2. The third kappa shape index (κ3) is 4.74. The molecule has 0 saturated carbocycles. The maximum absolute atomic E-state index is 13.0. The molecule has 35 heavy (non-hydrogen) atoms. The topological polar surface area (TPSA) is 36.1 Å². The Kier molecular flexibility index (Phi) is 5.96. The van der Waals surface area contributed by atoms with Gasteiger partial charge in [-0.2, -0.15) is 18.4 Å². The Labute approximate surface area is 202 Å². The summed E-state index contributed by atoms with van der Waals surface area (Å²) in [4.78, 5) is 4.77. The van der Waals surface area contributed by atoms with E-state index in [2.05, 4.69) is 30.3 Å². The van der Waals surface area contributed by atoms with E-state index in [1.54, 1.807) is 0 Å². The molecule has 5 heteroatoms. The molecule has 0 heterocycles. The van der Waals surface area contributed by atoms with Gasteiger partial charge in [-0.1, -0.05) is 84.9 Å². The fraction of sp³-hybridized carbons (Fsp3) is 0.133.